The van der Waals surface area contributed by atoms with E-state index in [1.807, 2.05) is 13.8 Å². The second kappa shape index (κ2) is 6.57. The third-order valence-corrected chi connectivity index (χ3v) is 4.88. The Labute approximate surface area is 120 Å². The van der Waals surface area contributed by atoms with Crippen LogP contribution in [0.2, 0.25) is 0 Å². The van der Waals surface area contributed by atoms with Crippen molar-refractivity contribution in [3.63, 3.8) is 0 Å². The minimum atomic E-state index is -0.784. The fourth-order valence-electron chi connectivity index (χ4n) is 3.29. The summed E-state index contributed by atoms with van der Waals surface area (Å²) in [6, 6.07) is 0.153. The second-order valence-corrected chi connectivity index (χ2v) is 6.19. The van der Waals surface area contributed by atoms with Gasteiger partial charge in [0, 0.05) is 31.7 Å². The quantitative estimate of drug-likeness (QED) is 0.857. The van der Waals surface area contributed by atoms with Crippen LogP contribution >= 0.6 is 0 Å². The largest absolute Gasteiger partial charge is 0.481 e. The SMILES string of the molecule is CC(C(=O)N1CC(C(=O)O)CCC1C)C1CCOCC1. The molecule has 0 aromatic carbocycles. The molecule has 1 N–H and O–H groups in total. The smallest absolute Gasteiger partial charge is 0.308 e. The van der Waals surface area contributed by atoms with E-state index >= 15 is 0 Å². The molecule has 2 rings (SSSR count). The molecule has 2 aliphatic rings. The average molecular weight is 283 g/mol. The third-order valence-electron chi connectivity index (χ3n) is 4.88. The maximum Gasteiger partial charge on any atom is 0.308 e. The molecule has 5 nitrogen and oxygen atoms in total. The summed E-state index contributed by atoms with van der Waals surface area (Å²) in [5.74, 6) is -0.733. The molecule has 0 bridgehead atoms. The number of carboxylic acids is 1. The molecule has 20 heavy (non-hydrogen) atoms. The lowest BCUT2D eigenvalue weighted by molar-refractivity contribution is -0.149. The summed E-state index contributed by atoms with van der Waals surface area (Å²) in [6.07, 6.45) is 3.31. The first-order valence-electron chi connectivity index (χ1n) is 7.61. The van der Waals surface area contributed by atoms with Gasteiger partial charge in [0.2, 0.25) is 5.91 Å². The van der Waals surface area contributed by atoms with Crippen LogP contribution in [0.3, 0.4) is 0 Å². The van der Waals surface area contributed by atoms with Gasteiger partial charge >= 0.3 is 5.97 Å². The van der Waals surface area contributed by atoms with Crippen LogP contribution < -0.4 is 0 Å². The van der Waals surface area contributed by atoms with Crippen LogP contribution in [-0.4, -0.2) is 47.7 Å². The van der Waals surface area contributed by atoms with Gasteiger partial charge in [-0.15, -0.1) is 0 Å². The topological polar surface area (TPSA) is 66.8 Å². The van der Waals surface area contributed by atoms with Crippen molar-refractivity contribution in [2.45, 2.75) is 45.6 Å². The Morgan fingerprint density at radius 1 is 1.20 bits per heavy atom. The Hall–Kier alpha value is -1.10. The molecule has 3 atom stereocenters. The number of likely N-dealkylation sites (tertiary alicyclic amines) is 1. The minimum absolute atomic E-state index is 0.0334. The third kappa shape index (κ3) is 3.32. The first-order chi connectivity index (χ1) is 9.50. The molecular formula is C15H25NO4. The van der Waals surface area contributed by atoms with Crippen LogP contribution in [0.5, 0.6) is 0 Å². The normalized spacial score (nSPS) is 30.0. The van der Waals surface area contributed by atoms with Crippen molar-refractivity contribution in [1.29, 1.82) is 0 Å². The van der Waals surface area contributed by atoms with E-state index in [-0.39, 0.29) is 17.9 Å². The van der Waals surface area contributed by atoms with E-state index in [2.05, 4.69) is 0 Å². The molecular weight excluding hydrogens is 258 g/mol. The van der Waals surface area contributed by atoms with Crippen LogP contribution in [0.1, 0.15) is 39.5 Å². The highest BCUT2D eigenvalue weighted by Crippen LogP contribution is 2.29. The molecule has 114 valence electrons. The van der Waals surface area contributed by atoms with Crippen molar-refractivity contribution < 1.29 is 19.4 Å². The number of hydrogen-bond donors (Lipinski definition) is 1. The van der Waals surface area contributed by atoms with Gasteiger partial charge in [-0.2, -0.15) is 0 Å². The molecule has 3 unspecified atom stereocenters. The van der Waals surface area contributed by atoms with Crippen LogP contribution in [0.25, 0.3) is 0 Å². The van der Waals surface area contributed by atoms with Gasteiger partial charge in [-0.3, -0.25) is 9.59 Å². The fourth-order valence-corrected chi connectivity index (χ4v) is 3.29. The van der Waals surface area contributed by atoms with Crippen molar-refractivity contribution in [3.05, 3.63) is 0 Å². The van der Waals surface area contributed by atoms with Gasteiger partial charge in [-0.05, 0) is 38.5 Å². The predicted octanol–water partition coefficient (Wildman–Crippen LogP) is 1.76. The van der Waals surface area contributed by atoms with E-state index in [9.17, 15) is 9.59 Å². The van der Waals surface area contributed by atoms with Crippen LogP contribution in [0, 0.1) is 17.8 Å². The molecule has 5 heteroatoms. The van der Waals surface area contributed by atoms with Gasteiger partial charge in [-0.25, -0.2) is 0 Å². The van der Waals surface area contributed by atoms with E-state index in [1.54, 1.807) is 4.90 Å². The number of carbonyl (C=O) groups excluding carboxylic acids is 1. The second-order valence-electron chi connectivity index (χ2n) is 6.19. The Kier molecular flexibility index (Phi) is 5.02. The predicted molar refractivity (Wildman–Crippen MR) is 74.2 cm³/mol. The van der Waals surface area contributed by atoms with Gasteiger partial charge < -0.3 is 14.7 Å². The highest BCUT2D eigenvalue weighted by Gasteiger charge is 2.36. The highest BCUT2D eigenvalue weighted by atomic mass is 16.5. The number of rotatable bonds is 3. The summed E-state index contributed by atoms with van der Waals surface area (Å²) < 4.78 is 5.34. The standard InChI is InChI=1S/C15H25NO4/c1-10-3-4-13(15(18)19)9-16(10)14(17)11(2)12-5-7-20-8-6-12/h10-13H,3-9H2,1-2H3,(H,18,19). The van der Waals surface area contributed by atoms with Crippen molar-refractivity contribution in [3.8, 4) is 0 Å². The summed E-state index contributed by atoms with van der Waals surface area (Å²) in [6.45, 7) is 5.83. The first-order valence-corrected chi connectivity index (χ1v) is 7.61. The fraction of sp³-hybridized carbons (Fsp3) is 0.867. The molecule has 0 radical (unpaired) electrons. The van der Waals surface area contributed by atoms with Crippen LogP contribution in [0.15, 0.2) is 0 Å². The lowest BCUT2D eigenvalue weighted by atomic mass is 9.84. The zero-order chi connectivity index (χ0) is 14.7. The average Bonchev–Trinajstić information content (AvgIpc) is 2.47. The Morgan fingerprint density at radius 3 is 2.45 bits per heavy atom. The van der Waals surface area contributed by atoms with Crippen LogP contribution in [0.4, 0.5) is 0 Å². The molecule has 2 fully saturated rings. The van der Waals surface area contributed by atoms with E-state index < -0.39 is 11.9 Å². The molecule has 0 aliphatic carbocycles. The Morgan fingerprint density at radius 2 is 1.85 bits per heavy atom. The van der Waals surface area contributed by atoms with Gasteiger partial charge in [0.05, 0.1) is 5.92 Å². The van der Waals surface area contributed by atoms with Crippen molar-refractivity contribution in [1.82, 2.24) is 4.90 Å². The van der Waals surface area contributed by atoms with Gasteiger partial charge in [0.25, 0.3) is 0 Å². The summed E-state index contributed by atoms with van der Waals surface area (Å²) in [7, 11) is 0. The summed E-state index contributed by atoms with van der Waals surface area (Å²) in [5.41, 5.74) is 0. The molecule has 0 spiro atoms. The van der Waals surface area contributed by atoms with Gasteiger partial charge in [0.15, 0.2) is 0 Å². The molecule has 0 saturated carbocycles. The van der Waals surface area contributed by atoms with Crippen molar-refractivity contribution in [2.75, 3.05) is 19.8 Å². The maximum absolute atomic E-state index is 12.7. The highest BCUT2D eigenvalue weighted by molar-refractivity contribution is 5.80. The lowest BCUT2D eigenvalue weighted by Gasteiger charge is -2.39. The monoisotopic (exact) mass is 283 g/mol. The van der Waals surface area contributed by atoms with Crippen molar-refractivity contribution in [2.24, 2.45) is 17.8 Å². The zero-order valence-corrected chi connectivity index (χ0v) is 12.4. The van der Waals surface area contributed by atoms with E-state index in [0.717, 1.165) is 32.5 Å². The molecule has 2 aliphatic heterocycles. The number of aliphatic carboxylic acids is 1. The molecule has 0 aromatic heterocycles. The minimum Gasteiger partial charge on any atom is -0.481 e. The van der Waals surface area contributed by atoms with E-state index in [1.165, 1.54) is 0 Å². The van der Waals surface area contributed by atoms with E-state index in [0.29, 0.717) is 18.9 Å². The number of amides is 1. The number of carbonyl (C=O) groups is 2. The Bertz CT molecular complexity index is 365. The number of nitrogens with zero attached hydrogens (tertiary/aromatic N) is 1. The molecule has 0 aromatic rings. The molecule has 2 saturated heterocycles. The summed E-state index contributed by atoms with van der Waals surface area (Å²) in [4.78, 5) is 25.6. The molecule has 2 heterocycles. The molecule has 1 amide bonds. The van der Waals surface area contributed by atoms with E-state index in [4.69, 9.17) is 9.84 Å². The van der Waals surface area contributed by atoms with Crippen molar-refractivity contribution >= 4 is 11.9 Å². The Balaban J connectivity index is 2.00. The summed E-state index contributed by atoms with van der Waals surface area (Å²) in [5, 5.41) is 9.16. The maximum atomic E-state index is 12.7. The number of ether oxygens (including phenoxy) is 1. The first kappa shape index (κ1) is 15.3. The zero-order valence-electron chi connectivity index (χ0n) is 12.4. The van der Waals surface area contributed by atoms with Gasteiger partial charge in [-0.1, -0.05) is 6.92 Å². The van der Waals surface area contributed by atoms with Gasteiger partial charge in [0.1, 0.15) is 0 Å². The number of carboxylic acid groups (broad SMARTS) is 1. The lowest BCUT2D eigenvalue weighted by Crippen LogP contribution is -2.50. The number of hydrogen-bond acceptors (Lipinski definition) is 3. The summed E-state index contributed by atoms with van der Waals surface area (Å²) >= 11 is 0. The number of piperidine rings is 1. The van der Waals surface area contributed by atoms with Crippen LogP contribution in [-0.2, 0) is 14.3 Å².